The van der Waals surface area contributed by atoms with Gasteiger partial charge < -0.3 is 5.73 Å². The van der Waals surface area contributed by atoms with E-state index >= 15 is 0 Å². The molecular formula is C16H16N2O. The minimum Gasteiger partial charge on any atom is -0.397 e. The van der Waals surface area contributed by atoms with Gasteiger partial charge in [-0.1, -0.05) is 42.8 Å². The third-order valence-corrected chi connectivity index (χ3v) is 2.85. The maximum atomic E-state index is 5.93. The number of hydrogen-bond donors (Lipinski definition) is 1. The number of allylic oxidation sites excluding steroid dienone is 2. The lowest BCUT2D eigenvalue weighted by atomic mass is 10.0. The number of hydroxylamine groups is 2. The quantitative estimate of drug-likeness (QED) is 0.840. The highest BCUT2D eigenvalue weighted by Gasteiger charge is 2.23. The Morgan fingerprint density at radius 3 is 2.68 bits per heavy atom. The molecule has 1 aromatic carbocycles. The van der Waals surface area contributed by atoms with E-state index in [4.69, 9.17) is 17.0 Å². The molecule has 1 heterocycles. The highest BCUT2D eigenvalue weighted by atomic mass is 16.7. The van der Waals surface area contributed by atoms with Crippen molar-refractivity contribution in [3.63, 3.8) is 0 Å². The summed E-state index contributed by atoms with van der Waals surface area (Å²) in [5.41, 5.74) is 10.0. The van der Waals surface area contributed by atoms with Crippen molar-refractivity contribution < 1.29 is 4.84 Å². The zero-order valence-electron chi connectivity index (χ0n) is 10.9. The van der Waals surface area contributed by atoms with Gasteiger partial charge in [-0.25, -0.2) is 5.06 Å². The van der Waals surface area contributed by atoms with Crippen LogP contribution < -0.4 is 5.73 Å². The molecule has 96 valence electrons. The average Bonchev–Trinajstić information content (AvgIpc) is 2.42. The molecule has 0 fully saturated rings. The van der Waals surface area contributed by atoms with Gasteiger partial charge in [0.2, 0.25) is 0 Å². The van der Waals surface area contributed by atoms with Crippen LogP contribution in [0.5, 0.6) is 0 Å². The van der Waals surface area contributed by atoms with Crippen LogP contribution in [0.3, 0.4) is 0 Å². The number of terminal acetylenes is 1. The molecule has 3 heteroatoms. The van der Waals surface area contributed by atoms with Crippen molar-refractivity contribution in [2.24, 2.45) is 5.73 Å². The third-order valence-electron chi connectivity index (χ3n) is 2.85. The van der Waals surface area contributed by atoms with Crippen molar-refractivity contribution in [3.8, 4) is 12.3 Å². The number of nitrogens with zero attached hydrogens (tertiary/aromatic N) is 1. The molecule has 0 unspecified atom stereocenters. The van der Waals surface area contributed by atoms with Crippen LogP contribution in [0, 0.1) is 12.3 Å². The van der Waals surface area contributed by atoms with Gasteiger partial charge in [-0.2, -0.15) is 0 Å². The third kappa shape index (κ3) is 2.54. The standard InChI is InChI=1S/C16H16N2O/c1-4-10-19-18-13(3)15(17)11-12(2)16(18)14-8-6-5-7-9-14/h1,5-9,11H,3,10,17H2,2H3. The summed E-state index contributed by atoms with van der Waals surface area (Å²) in [5.74, 6) is 2.45. The van der Waals surface area contributed by atoms with Crippen LogP contribution in [0.2, 0.25) is 0 Å². The van der Waals surface area contributed by atoms with E-state index in [-0.39, 0.29) is 6.61 Å². The summed E-state index contributed by atoms with van der Waals surface area (Å²) in [6.07, 6.45) is 7.14. The molecule has 2 rings (SSSR count). The van der Waals surface area contributed by atoms with Crippen LogP contribution in [-0.4, -0.2) is 11.7 Å². The summed E-state index contributed by atoms with van der Waals surface area (Å²) < 4.78 is 0. The minimum atomic E-state index is 0.163. The van der Waals surface area contributed by atoms with Gasteiger partial charge in [-0.15, -0.1) is 6.42 Å². The first-order chi connectivity index (χ1) is 9.15. The molecule has 0 bridgehead atoms. The minimum absolute atomic E-state index is 0.163. The molecule has 0 spiro atoms. The second kappa shape index (κ2) is 5.47. The Morgan fingerprint density at radius 2 is 2.05 bits per heavy atom. The maximum absolute atomic E-state index is 5.93. The summed E-state index contributed by atoms with van der Waals surface area (Å²) in [5, 5.41) is 1.61. The summed E-state index contributed by atoms with van der Waals surface area (Å²) >= 11 is 0. The summed E-state index contributed by atoms with van der Waals surface area (Å²) in [6.45, 7) is 6.09. The maximum Gasteiger partial charge on any atom is 0.136 e. The lowest BCUT2D eigenvalue weighted by molar-refractivity contribution is -0.0629. The Morgan fingerprint density at radius 1 is 1.37 bits per heavy atom. The normalized spacial score (nSPS) is 15.3. The monoisotopic (exact) mass is 252 g/mol. The molecule has 3 nitrogen and oxygen atoms in total. The highest BCUT2D eigenvalue weighted by molar-refractivity contribution is 5.72. The van der Waals surface area contributed by atoms with Crippen LogP contribution in [0.4, 0.5) is 0 Å². The van der Waals surface area contributed by atoms with Crippen LogP contribution in [-0.2, 0) is 4.84 Å². The van der Waals surface area contributed by atoms with E-state index in [0.717, 1.165) is 16.8 Å². The molecule has 0 saturated heterocycles. The van der Waals surface area contributed by atoms with Gasteiger partial charge >= 0.3 is 0 Å². The smallest absolute Gasteiger partial charge is 0.136 e. The molecule has 0 aromatic heterocycles. The van der Waals surface area contributed by atoms with Crippen LogP contribution in [0.25, 0.3) is 5.70 Å². The molecule has 2 N–H and O–H groups in total. The fourth-order valence-electron chi connectivity index (χ4n) is 1.98. The van der Waals surface area contributed by atoms with Crippen LogP contribution in [0.1, 0.15) is 12.5 Å². The van der Waals surface area contributed by atoms with E-state index < -0.39 is 0 Å². The molecule has 0 saturated carbocycles. The zero-order valence-corrected chi connectivity index (χ0v) is 10.9. The topological polar surface area (TPSA) is 38.5 Å². The van der Waals surface area contributed by atoms with Crippen LogP contribution >= 0.6 is 0 Å². The number of hydrogen-bond acceptors (Lipinski definition) is 3. The van der Waals surface area contributed by atoms with E-state index in [2.05, 4.69) is 12.5 Å². The Kier molecular flexibility index (Phi) is 3.74. The Labute approximate surface area is 113 Å². The predicted octanol–water partition coefficient (Wildman–Crippen LogP) is 2.65. The van der Waals surface area contributed by atoms with Gasteiger partial charge in [0.1, 0.15) is 6.61 Å². The average molecular weight is 252 g/mol. The highest BCUT2D eigenvalue weighted by Crippen LogP contribution is 2.33. The van der Waals surface area contributed by atoms with Gasteiger partial charge in [0, 0.05) is 5.56 Å². The van der Waals surface area contributed by atoms with Crippen molar-refractivity contribution in [2.45, 2.75) is 6.92 Å². The van der Waals surface area contributed by atoms with Gasteiger partial charge in [-0.05, 0) is 18.6 Å². The SMILES string of the molecule is C#CCON1C(=C)C(N)=CC(C)=C1c1ccccc1. The van der Waals surface area contributed by atoms with Crippen molar-refractivity contribution in [1.82, 2.24) is 5.06 Å². The van der Waals surface area contributed by atoms with E-state index in [1.54, 1.807) is 5.06 Å². The van der Waals surface area contributed by atoms with Crippen molar-refractivity contribution in [3.05, 3.63) is 65.5 Å². The molecule has 0 radical (unpaired) electrons. The first-order valence-corrected chi connectivity index (χ1v) is 5.94. The van der Waals surface area contributed by atoms with Gasteiger partial charge in [-0.3, -0.25) is 4.84 Å². The summed E-state index contributed by atoms with van der Waals surface area (Å²) in [7, 11) is 0. The number of nitrogens with two attached hydrogens (primary N) is 1. The summed E-state index contributed by atoms with van der Waals surface area (Å²) in [6, 6.07) is 9.92. The Bertz CT molecular complexity index is 591. The summed E-state index contributed by atoms with van der Waals surface area (Å²) in [4.78, 5) is 5.57. The van der Waals surface area contributed by atoms with Crippen molar-refractivity contribution in [2.75, 3.05) is 6.61 Å². The lowest BCUT2D eigenvalue weighted by Crippen LogP contribution is -2.28. The predicted molar refractivity (Wildman–Crippen MR) is 77.1 cm³/mol. The van der Waals surface area contributed by atoms with E-state index in [1.165, 1.54) is 0 Å². The molecule has 0 aliphatic carbocycles. The molecule has 1 aromatic rings. The fourth-order valence-corrected chi connectivity index (χ4v) is 1.98. The van der Waals surface area contributed by atoms with Gasteiger partial charge in [0.25, 0.3) is 0 Å². The molecule has 0 amide bonds. The number of benzene rings is 1. The molecule has 1 aliphatic heterocycles. The number of rotatable bonds is 3. The molecule has 1 aliphatic rings. The van der Waals surface area contributed by atoms with Gasteiger partial charge in [0.05, 0.1) is 17.1 Å². The van der Waals surface area contributed by atoms with Crippen LogP contribution in [0.15, 0.2) is 60.0 Å². The van der Waals surface area contributed by atoms with Gasteiger partial charge in [0.15, 0.2) is 0 Å². The first-order valence-electron chi connectivity index (χ1n) is 5.94. The van der Waals surface area contributed by atoms with Crippen molar-refractivity contribution >= 4 is 5.70 Å². The second-order valence-corrected chi connectivity index (χ2v) is 4.22. The molecule has 19 heavy (non-hydrogen) atoms. The van der Waals surface area contributed by atoms with E-state index in [1.807, 2.05) is 43.3 Å². The van der Waals surface area contributed by atoms with Crippen molar-refractivity contribution in [1.29, 1.82) is 0 Å². The second-order valence-electron chi connectivity index (χ2n) is 4.22. The lowest BCUT2D eigenvalue weighted by Gasteiger charge is -2.32. The fraction of sp³-hybridized carbons (Fsp3) is 0.125. The van der Waals surface area contributed by atoms with E-state index in [0.29, 0.717) is 11.4 Å². The first kappa shape index (κ1) is 13.0. The Balaban J connectivity index is 2.48. The molecular weight excluding hydrogens is 236 g/mol. The van der Waals surface area contributed by atoms with E-state index in [9.17, 15) is 0 Å². The zero-order chi connectivity index (χ0) is 13.8. The Hall–Kier alpha value is -2.44. The molecule has 0 atom stereocenters. The largest absolute Gasteiger partial charge is 0.397 e.